The van der Waals surface area contributed by atoms with Gasteiger partial charge in [0.05, 0.1) is 0 Å². The number of rotatable bonds is 5. The third-order valence-electron chi connectivity index (χ3n) is 2.90. The summed E-state index contributed by atoms with van der Waals surface area (Å²) in [5.41, 5.74) is 7.50. The van der Waals surface area contributed by atoms with Crippen LogP contribution in [-0.2, 0) is 4.79 Å². The highest BCUT2D eigenvalue weighted by Gasteiger charge is 2.26. The van der Waals surface area contributed by atoms with E-state index in [2.05, 4.69) is 11.2 Å². The van der Waals surface area contributed by atoms with Crippen LogP contribution < -0.4 is 10.6 Å². The van der Waals surface area contributed by atoms with Crippen LogP contribution in [0.4, 0.5) is 5.69 Å². The molecule has 0 saturated heterocycles. The number of primary amides is 1. The Labute approximate surface area is 136 Å². The molecule has 0 aliphatic carbocycles. The molecule has 2 rings (SSSR count). The lowest BCUT2D eigenvalue weighted by Crippen LogP contribution is -2.46. The van der Waals surface area contributed by atoms with Crippen molar-refractivity contribution in [3.63, 3.8) is 0 Å². The van der Waals surface area contributed by atoms with E-state index in [-0.39, 0.29) is 24.8 Å². The molecule has 1 aliphatic rings. The molecule has 7 heteroatoms. The number of halogens is 2. The van der Waals surface area contributed by atoms with E-state index in [1.54, 1.807) is 18.0 Å². The van der Waals surface area contributed by atoms with Crippen molar-refractivity contribution >= 4 is 54.4 Å². The average Bonchev–Trinajstić information content (AvgIpc) is 2.38. The van der Waals surface area contributed by atoms with Crippen LogP contribution in [-0.4, -0.2) is 36.8 Å². The Bertz CT molecular complexity index is 471. The van der Waals surface area contributed by atoms with Crippen LogP contribution in [0.2, 0.25) is 0 Å². The second-order valence-electron chi connectivity index (χ2n) is 4.15. The van der Waals surface area contributed by atoms with Crippen LogP contribution >= 0.6 is 36.6 Å². The summed E-state index contributed by atoms with van der Waals surface area (Å²) >= 11 is 1.80. The summed E-state index contributed by atoms with van der Waals surface area (Å²) in [5, 5.41) is 0. The molecule has 4 nitrogen and oxygen atoms in total. The van der Waals surface area contributed by atoms with E-state index < -0.39 is 12.1 Å². The molecular formula is C13H19Cl2N3OS. The molecule has 0 aromatic heterocycles. The average molecular weight is 336 g/mol. The number of carbonyl (C=O) groups is 1. The van der Waals surface area contributed by atoms with E-state index in [1.165, 1.54) is 0 Å². The normalized spacial score (nSPS) is 15.8. The van der Waals surface area contributed by atoms with Gasteiger partial charge in [-0.1, -0.05) is 18.2 Å². The molecule has 0 bridgehead atoms. The van der Waals surface area contributed by atoms with Gasteiger partial charge in [-0.05, 0) is 24.5 Å². The first-order valence-corrected chi connectivity index (χ1v) is 7.30. The molecule has 1 heterocycles. The summed E-state index contributed by atoms with van der Waals surface area (Å²) < 4.78 is 0. The zero-order valence-corrected chi connectivity index (χ0v) is 13.6. The van der Waals surface area contributed by atoms with Crippen LogP contribution in [0.25, 0.3) is 0 Å². The largest absolute Gasteiger partial charge is 0.366 e. The number of nitrogens with zero attached hydrogens (tertiary/aromatic N) is 2. The summed E-state index contributed by atoms with van der Waals surface area (Å²) in [5.74, 6) is 0.665. The van der Waals surface area contributed by atoms with Crippen molar-refractivity contribution in [2.45, 2.75) is 12.6 Å². The Morgan fingerprint density at radius 3 is 2.75 bits per heavy atom. The molecule has 0 spiro atoms. The molecule has 0 radical (unpaired) electrons. The number of carbonyl (C=O) groups excluding carboxylic acids is 1. The molecular weight excluding hydrogens is 317 g/mol. The van der Waals surface area contributed by atoms with Crippen LogP contribution in [0.5, 0.6) is 0 Å². The molecule has 1 aliphatic heterocycles. The second kappa shape index (κ2) is 9.10. The zero-order valence-electron chi connectivity index (χ0n) is 11.2. The fourth-order valence-corrected chi connectivity index (χ4v) is 2.49. The van der Waals surface area contributed by atoms with Gasteiger partial charge in [-0.3, -0.25) is 9.79 Å². The molecule has 1 unspecified atom stereocenters. The van der Waals surface area contributed by atoms with Crippen molar-refractivity contribution in [1.29, 1.82) is 0 Å². The lowest BCUT2D eigenvalue weighted by atomic mass is 10.1. The van der Waals surface area contributed by atoms with Gasteiger partial charge in [0.15, 0.2) is 0 Å². The van der Waals surface area contributed by atoms with Gasteiger partial charge in [-0.15, -0.1) is 24.8 Å². The standard InChI is InChI=1S/C13H17N3OS.2ClH/c1-18-8-4-7-16-11-6-3-2-5-10(11)9-15-13(16)12(14)17;;/h2-3,5-6,9,13H,4,7-8H2,1H3,(H2,14,17);2*1H. The molecule has 0 saturated carbocycles. The molecule has 112 valence electrons. The summed E-state index contributed by atoms with van der Waals surface area (Å²) in [4.78, 5) is 17.7. The van der Waals surface area contributed by atoms with E-state index in [1.807, 2.05) is 29.2 Å². The molecule has 1 amide bonds. The first kappa shape index (κ1) is 19.1. The van der Waals surface area contributed by atoms with Crippen LogP contribution in [0.3, 0.4) is 0 Å². The summed E-state index contributed by atoms with van der Waals surface area (Å²) in [6.45, 7) is 0.794. The number of fused-ring (bicyclic) bond motifs is 1. The Morgan fingerprint density at radius 2 is 2.10 bits per heavy atom. The minimum Gasteiger partial charge on any atom is -0.366 e. The number of hydrogen-bond acceptors (Lipinski definition) is 4. The number of anilines is 1. The van der Waals surface area contributed by atoms with Gasteiger partial charge in [-0.2, -0.15) is 11.8 Å². The highest BCUT2D eigenvalue weighted by atomic mass is 35.5. The van der Waals surface area contributed by atoms with Gasteiger partial charge in [0.1, 0.15) is 0 Å². The third kappa shape index (κ3) is 4.30. The number of para-hydroxylation sites is 1. The molecule has 1 aromatic carbocycles. The molecule has 20 heavy (non-hydrogen) atoms. The lowest BCUT2D eigenvalue weighted by molar-refractivity contribution is -0.119. The highest BCUT2D eigenvalue weighted by Crippen LogP contribution is 2.25. The predicted octanol–water partition coefficient (Wildman–Crippen LogP) is 2.33. The van der Waals surface area contributed by atoms with Gasteiger partial charge >= 0.3 is 0 Å². The fourth-order valence-electron chi connectivity index (χ4n) is 2.07. The van der Waals surface area contributed by atoms with E-state index >= 15 is 0 Å². The van der Waals surface area contributed by atoms with Crippen molar-refractivity contribution in [2.75, 3.05) is 23.5 Å². The van der Waals surface area contributed by atoms with Crippen LogP contribution in [0.15, 0.2) is 29.3 Å². The second-order valence-corrected chi connectivity index (χ2v) is 5.14. The molecule has 1 atom stereocenters. The van der Waals surface area contributed by atoms with Gasteiger partial charge in [0, 0.05) is 24.0 Å². The van der Waals surface area contributed by atoms with Crippen molar-refractivity contribution < 1.29 is 4.79 Å². The number of benzene rings is 1. The predicted molar refractivity (Wildman–Crippen MR) is 91.9 cm³/mol. The van der Waals surface area contributed by atoms with Gasteiger partial charge in [0.25, 0.3) is 5.91 Å². The zero-order chi connectivity index (χ0) is 13.0. The van der Waals surface area contributed by atoms with Crippen molar-refractivity contribution in [2.24, 2.45) is 10.7 Å². The Kier molecular flexibility index (Phi) is 8.69. The highest BCUT2D eigenvalue weighted by molar-refractivity contribution is 7.98. The Morgan fingerprint density at radius 1 is 1.40 bits per heavy atom. The first-order chi connectivity index (χ1) is 8.74. The van der Waals surface area contributed by atoms with Gasteiger partial charge in [0.2, 0.25) is 6.17 Å². The smallest absolute Gasteiger partial charge is 0.262 e. The maximum Gasteiger partial charge on any atom is 0.262 e. The van der Waals surface area contributed by atoms with E-state index in [4.69, 9.17) is 5.73 Å². The topological polar surface area (TPSA) is 58.7 Å². The number of amides is 1. The molecule has 1 aromatic rings. The van der Waals surface area contributed by atoms with Crippen LogP contribution in [0, 0.1) is 0 Å². The minimum absolute atomic E-state index is 0. The molecule has 2 N–H and O–H groups in total. The van der Waals surface area contributed by atoms with E-state index in [9.17, 15) is 4.79 Å². The maximum atomic E-state index is 11.5. The minimum atomic E-state index is -0.568. The quantitative estimate of drug-likeness (QED) is 0.840. The monoisotopic (exact) mass is 335 g/mol. The van der Waals surface area contributed by atoms with Crippen molar-refractivity contribution in [1.82, 2.24) is 0 Å². The number of aliphatic imine (C=N–C) groups is 1. The van der Waals surface area contributed by atoms with Crippen molar-refractivity contribution in [3.8, 4) is 0 Å². The van der Waals surface area contributed by atoms with E-state index in [0.29, 0.717) is 0 Å². The summed E-state index contributed by atoms with van der Waals surface area (Å²) in [7, 11) is 0. The summed E-state index contributed by atoms with van der Waals surface area (Å²) in [6, 6.07) is 7.94. The summed E-state index contributed by atoms with van der Waals surface area (Å²) in [6.07, 6.45) is 4.25. The molecule has 0 fully saturated rings. The third-order valence-corrected chi connectivity index (χ3v) is 3.60. The number of hydrogen-bond donors (Lipinski definition) is 1. The van der Waals surface area contributed by atoms with Crippen LogP contribution in [0.1, 0.15) is 12.0 Å². The lowest BCUT2D eigenvalue weighted by Gasteiger charge is -2.33. The fraction of sp³-hybridized carbons (Fsp3) is 0.385. The van der Waals surface area contributed by atoms with Gasteiger partial charge in [-0.25, -0.2) is 0 Å². The maximum absolute atomic E-state index is 11.5. The van der Waals surface area contributed by atoms with E-state index in [0.717, 1.165) is 30.0 Å². The number of nitrogens with two attached hydrogens (primary N) is 1. The number of thioether (sulfide) groups is 1. The first-order valence-electron chi connectivity index (χ1n) is 5.91. The Hall–Kier alpha value is -0.910. The Balaban J connectivity index is 0.00000180. The van der Waals surface area contributed by atoms with Gasteiger partial charge < -0.3 is 10.6 Å². The SMILES string of the molecule is CSCCCN1c2ccccc2C=NC1C(N)=O.Cl.Cl. The van der Waals surface area contributed by atoms with Crippen molar-refractivity contribution in [3.05, 3.63) is 29.8 Å².